The van der Waals surface area contributed by atoms with E-state index in [2.05, 4.69) is 62.5 Å². The summed E-state index contributed by atoms with van der Waals surface area (Å²) in [6, 6.07) is 11.0. The van der Waals surface area contributed by atoms with Crippen molar-refractivity contribution in [3.05, 3.63) is 50.2 Å². The third-order valence-corrected chi connectivity index (χ3v) is 5.88. The first kappa shape index (κ1) is 34.5. The molecule has 1 aliphatic carbocycles. The van der Waals surface area contributed by atoms with Gasteiger partial charge in [-0.2, -0.15) is 0 Å². The number of ether oxygens (including phenoxy) is 1. The molecule has 2 fully saturated rings. The molecule has 1 saturated heterocycles. The standard InChI is InChI=1S/C21H32NO.3CO.CH3.Mo/c1-2-23-21(19-11-5-3-6-12-19,20-13-7-4-8-14-20)15-18-22-16-9-10-17-22;3*1-2;;/h3,5-6,11-12,20H,1-2,4,7-10,13-18H2;;;;1H3;/q5*-1;. The second-order valence-corrected chi connectivity index (χ2v) is 7.24. The Morgan fingerprint density at radius 1 is 0.903 bits per heavy atom. The van der Waals surface area contributed by atoms with E-state index in [9.17, 15) is 0 Å². The molecular formula is C25H35MoNO4-5. The zero-order valence-electron chi connectivity index (χ0n) is 18.6. The van der Waals surface area contributed by atoms with Crippen LogP contribution in [0.2, 0.25) is 0 Å². The minimum absolute atomic E-state index is 0. The van der Waals surface area contributed by atoms with Crippen molar-refractivity contribution in [1.29, 1.82) is 0 Å². The SMILES string of the molecule is [C-]=O.[C-]=O.[C-]=O.[CH2-]COC(CCN1CCCC1)(c1ccccc1)C1CCCCC1.[CH3-].[Mo]. The molecule has 1 aliphatic heterocycles. The van der Waals surface area contributed by atoms with E-state index in [1.165, 1.54) is 63.6 Å². The maximum Gasteiger partial charge on any atom is 0.0935 e. The smallest absolute Gasteiger partial charge is 0.0935 e. The molecule has 0 bridgehead atoms. The number of carbonyl (C=O) groups excluding carboxylic acids is 3. The molecule has 1 saturated carbocycles. The molecule has 3 radical (unpaired) electrons. The van der Waals surface area contributed by atoms with Crippen LogP contribution in [0.4, 0.5) is 0 Å². The van der Waals surface area contributed by atoms with E-state index in [4.69, 9.17) is 19.1 Å². The van der Waals surface area contributed by atoms with Gasteiger partial charge in [0.25, 0.3) is 0 Å². The molecule has 5 nitrogen and oxygen atoms in total. The Morgan fingerprint density at radius 3 is 1.90 bits per heavy atom. The summed E-state index contributed by atoms with van der Waals surface area (Å²) >= 11 is 0. The molecule has 1 unspecified atom stereocenters. The minimum Gasteiger partial charge on any atom is -0.573 e. The van der Waals surface area contributed by atoms with Crippen LogP contribution in [0, 0.1) is 20.3 Å². The molecule has 6 heteroatoms. The fraction of sp³-hybridized carbons (Fsp3) is 0.560. The molecule has 0 spiro atoms. The van der Waals surface area contributed by atoms with Crippen molar-refractivity contribution in [3.63, 3.8) is 0 Å². The van der Waals surface area contributed by atoms with Gasteiger partial charge in [0, 0.05) is 27.6 Å². The Labute approximate surface area is 204 Å². The van der Waals surface area contributed by atoms with Crippen LogP contribution in [-0.4, -0.2) is 51.5 Å². The van der Waals surface area contributed by atoms with Crippen LogP contribution in [-0.2, 0) is 45.8 Å². The molecule has 31 heavy (non-hydrogen) atoms. The summed E-state index contributed by atoms with van der Waals surface area (Å²) in [6.45, 7) is 21.8. The first-order valence-electron chi connectivity index (χ1n) is 10.2. The first-order chi connectivity index (χ1) is 14.3. The van der Waals surface area contributed by atoms with Gasteiger partial charge in [0.2, 0.25) is 0 Å². The summed E-state index contributed by atoms with van der Waals surface area (Å²) in [5, 5.41) is 0. The number of likely N-dealkylation sites (tertiary alicyclic amines) is 1. The summed E-state index contributed by atoms with van der Waals surface area (Å²) in [5.74, 6) is 0.642. The first-order valence-corrected chi connectivity index (χ1v) is 10.2. The van der Waals surface area contributed by atoms with Crippen molar-refractivity contribution in [2.75, 3.05) is 26.2 Å². The van der Waals surface area contributed by atoms with Crippen LogP contribution in [0.15, 0.2) is 30.3 Å². The van der Waals surface area contributed by atoms with Gasteiger partial charge in [-0.25, -0.2) is 0 Å². The average molecular weight is 509 g/mol. The molecule has 1 aromatic carbocycles. The van der Waals surface area contributed by atoms with Crippen molar-refractivity contribution in [3.8, 4) is 0 Å². The van der Waals surface area contributed by atoms with E-state index in [0.717, 1.165) is 13.0 Å². The van der Waals surface area contributed by atoms with E-state index >= 15 is 0 Å². The largest absolute Gasteiger partial charge is 0.573 e. The number of nitrogens with zero attached hydrogens (tertiary/aromatic N) is 1. The monoisotopic (exact) mass is 511 g/mol. The van der Waals surface area contributed by atoms with Gasteiger partial charge >= 0.3 is 0 Å². The normalized spacial score (nSPS) is 17.5. The topological polar surface area (TPSA) is 63.7 Å². The molecule has 1 heterocycles. The maximum absolute atomic E-state index is 7.50. The number of benzene rings is 1. The second kappa shape index (κ2) is 22.0. The fourth-order valence-electron chi connectivity index (χ4n) is 4.66. The molecule has 0 aromatic heterocycles. The van der Waals surface area contributed by atoms with Crippen molar-refractivity contribution >= 4 is 20.4 Å². The number of rotatable bonds is 7. The molecule has 0 amide bonds. The number of hydrogen-bond donors (Lipinski definition) is 0. The molecule has 175 valence electrons. The minimum atomic E-state index is -0.133. The molecule has 0 N–H and O–H groups in total. The molecule has 3 rings (SSSR count). The van der Waals surface area contributed by atoms with Crippen molar-refractivity contribution in [2.45, 2.75) is 57.0 Å². The molecular weight excluding hydrogens is 474 g/mol. The Kier molecular flexibility index (Phi) is 24.5. The van der Waals surface area contributed by atoms with Gasteiger partial charge < -0.3 is 58.7 Å². The summed E-state index contributed by atoms with van der Waals surface area (Å²) in [7, 11) is 0. The van der Waals surface area contributed by atoms with Gasteiger partial charge in [-0.3, -0.25) is 0 Å². The van der Waals surface area contributed by atoms with Gasteiger partial charge in [0.1, 0.15) is 0 Å². The van der Waals surface area contributed by atoms with E-state index in [0.29, 0.717) is 12.5 Å². The zero-order chi connectivity index (χ0) is 22.0. The second-order valence-electron chi connectivity index (χ2n) is 7.24. The summed E-state index contributed by atoms with van der Waals surface area (Å²) in [5.41, 5.74) is 1.24. The Bertz CT molecular complexity index is 503. The van der Waals surface area contributed by atoms with Gasteiger partial charge in [-0.15, -0.1) is 0 Å². The van der Waals surface area contributed by atoms with E-state index in [1.54, 1.807) is 0 Å². The number of hydrogen-bond acceptors (Lipinski definition) is 5. The summed E-state index contributed by atoms with van der Waals surface area (Å²) in [4.78, 5) is 25.1. The van der Waals surface area contributed by atoms with Crippen LogP contribution in [0.1, 0.15) is 56.9 Å². The van der Waals surface area contributed by atoms with E-state index in [1.807, 2.05) is 0 Å². The molecule has 1 aromatic rings. The summed E-state index contributed by atoms with van der Waals surface area (Å²) in [6.07, 6.45) is 10.5. The Hall–Kier alpha value is -1.16. The molecule has 1 atom stereocenters. The Balaban J connectivity index is -0.000000904. The summed E-state index contributed by atoms with van der Waals surface area (Å²) < 4.78 is 6.48. The average Bonchev–Trinajstić information content (AvgIpc) is 3.36. The third-order valence-electron chi connectivity index (χ3n) is 5.88. The van der Waals surface area contributed by atoms with Crippen molar-refractivity contribution in [2.24, 2.45) is 5.92 Å². The Morgan fingerprint density at radius 2 is 1.42 bits per heavy atom. The van der Waals surface area contributed by atoms with Gasteiger partial charge in [-0.1, -0.05) is 56.2 Å². The van der Waals surface area contributed by atoms with Crippen molar-refractivity contribution < 1.29 is 40.2 Å². The van der Waals surface area contributed by atoms with Gasteiger partial charge in [0.15, 0.2) is 0 Å². The molecule has 2 aliphatic rings. The van der Waals surface area contributed by atoms with Crippen LogP contribution < -0.4 is 0 Å². The van der Waals surface area contributed by atoms with Crippen LogP contribution in [0.25, 0.3) is 0 Å². The van der Waals surface area contributed by atoms with Gasteiger partial charge in [0.05, 0.1) is 5.60 Å². The van der Waals surface area contributed by atoms with Crippen LogP contribution in [0.3, 0.4) is 0 Å². The fourth-order valence-corrected chi connectivity index (χ4v) is 4.66. The quantitative estimate of drug-likeness (QED) is 0.410. The maximum atomic E-state index is 7.50. The zero-order valence-corrected chi connectivity index (χ0v) is 20.7. The van der Waals surface area contributed by atoms with Gasteiger partial charge in [-0.05, 0) is 56.7 Å². The third kappa shape index (κ3) is 10.8. The van der Waals surface area contributed by atoms with Crippen molar-refractivity contribution in [1.82, 2.24) is 4.90 Å². The van der Waals surface area contributed by atoms with E-state index in [-0.39, 0.29) is 34.1 Å². The van der Waals surface area contributed by atoms with E-state index < -0.39 is 0 Å². The van der Waals surface area contributed by atoms with Crippen LogP contribution >= 0.6 is 0 Å². The predicted octanol–water partition coefficient (Wildman–Crippen LogP) is 4.06. The van der Waals surface area contributed by atoms with Crippen LogP contribution in [0.5, 0.6) is 0 Å². The predicted molar refractivity (Wildman–Crippen MR) is 120 cm³/mol.